The summed E-state index contributed by atoms with van der Waals surface area (Å²) in [6.07, 6.45) is 4.19. The fourth-order valence-corrected chi connectivity index (χ4v) is 4.08. The van der Waals surface area contributed by atoms with Gasteiger partial charge >= 0.3 is 0 Å². The largest absolute Gasteiger partial charge is 0.351 e. The number of amides is 2. The molecule has 0 atom stereocenters. The van der Waals surface area contributed by atoms with Gasteiger partial charge in [-0.2, -0.15) is 0 Å². The lowest BCUT2D eigenvalue weighted by Crippen LogP contribution is -2.37. The molecule has 2 aliphatic rings. The van der Waals surface area contributed by atoms with Gasteiger partial charge in [0.1, 0.15) is 0 Å². The number of fused-ring (bicyclic) bond motifs is 1. The van der Waals surface area contributed by atoms with Crippen LogP contribution in [0.2, 0.25) is 0 Å². The summed E-state index contributed by atoms with van der Waals surface area (Å²) in [5.74, 6) is 0.0234. The van der Waals surface area contributed by atoms with Gasteiger partial charge in [-0.3, -0.25) is 9.59 Å². The first kappa shape index (κ1) is 18.7. The molecular formula is C23H27N3O2. The number of nitrogens with zero attached hydrogens (tertiary/aromatic N) is 2. The highest BCUT2D eigenvalue weighted by molar-refractivity contribution is 6.03. The van der Waals surface area contributed by atoms with Crippen LogP contribution in [0.25, 0.3) is 0 Å². The second-order valence-corrected chi connectivity index (χ2v) is 7.64. The molecule has 4 rings (SSSR count). The van der Waals surface area contributed by atoms with Crippen molar-refractivity contribution in [3.8, 4) is 0 Å². The van der Waals surface area contributed by atoms with E-state index in [1.54, 1.807) is 0 Å². The molecule has 0 saturated carbocycles. The van der Waals surface area contributed by atoms with Gasteiger partial charge in [-0.25, -0.2) is 0 Å². The zero-order chi connectivity index (χ0) is 19.3. The van der Waals surface area contributed by atoms with E-state index in [1.165, 1.54) is 19.3 Å². The number of carbonyl (C=O) groups excluding carboxylic acids is 2. The average Bonchev–Trinajstić information content (AvgIpc) is 3.04. The van der Waals surface area contributed by atoms with E-state index < -0.39 is 0 Å². The van der Waals surface area contributed by atoms with Crippen LogP contribution < -0.4 is 10.2 Å². The molecule has 0 radical (unpaired) electrons. The van der Waals surface area contributed by atoms with Crippen molar-refractivity contribution in [2.24, 2.45) is 0 Å². The van der Waals surface area contributed by atoms with E-state index in [-0.39, 0.29) is 11.8 Å². The van der Waals surface area contributed by atoms with Gasteiger partial charge in [0, 0.05) is 24.3 Å². The molecule has 0 aliphatic carbocycles. The fraction of sp³-hybridized carbons (Fsp3) is 0.391. The minimum atomic E-state index is -0.0613. The first-order valence-corrected chi connectivity index (χ1v) is 10.2. The predicted octanol–water partition coefficient (Wildman–Crippen LogP) is 2.99. The van der Waals surface area contributed by atoms with E-state index >= 15 is 0 Å². The average molecular weight is 377 g/mol. The Hall–Kier alpha value is -2.66. The van der Waals surface area contributed by atoms with Crippen LogP contribution in [0.5, 0.6) is 0 Å². The smallest absolute Gasteiger partial charge is 0.251 e. The summed E-state index contributed by atoms with van der Waals surface area (Å²) in [5.41, 5.74) is 3.58. The third kappa shape index (κ3) is 4.25. The van der Waals surface area contributed by atoms with Crippen LogP contribution >= 0.6 is 0 Å². The van der Waals surface area contributed by atoms with Crippen molar-refractivity contribution >= 4 is 17.5 Å². The Labute approximate surface area is 166 Å². The van der Waals surface area contributed by atoms with Crippen molar-refractivity contribution in [1.29, 1.82) is 0 Å². The quantitative estimate of drug-likeness (QED) is 0.842. The standard InChI is InChI=1S/C23H27N3O2/c27-22-16-20-15-19(23(28)24-11-14-25-12-5-2-6-13-25)9-10-21(20)26(22)17-18-7-3-1-4-8-18/h1,3-4,7-10,15H,2,5-6,11-14,16-17H2,(H,24,28). The second kappa shape index (κ2) is 8.57. The molecule has 2 heterocycles. The number of hydrogen-bond donors (Lipinski definition) is 1. The molecule has 2 aromatic carbocycles. The molecule has 2 amide bonds. The molecule has 1 N–H and O–H groups in total. The van der Waals surface area contributed by atoms with Gasteiger partial charge in [0.05, 0.1) is 13.0 Å². The zero-order valence-electron chi connectivity index (χ0n) is 16.2. The van der Waals surface area contributed by atoms with Gasteiger partial charge in [0.2, 0.25) is 5.91 Å². The van der Waals surface area contributed by atoms with E-state index in [0.29, 0.717) is 25.1 Å². The van der Waals surface area contributed by atoms with Crippen LogP contribution in [-0.2, 0) is 17.8 Å². The number of benzene rings is 2. The maximum absolute atomic E-state index is 12.5. The van der Waals surface area contributed by atoms with E-state index in [4.69, 9.17) is 0 Å². The van der Waals surface area contributed by atoms with Gasteiger partial charge in [-0.1, -0.05) is 36.8 Å². The van der Waals surface area contributed by atoms with E-state index in [2.05, 4.69) is 10.2 Å². The molecule has 1 saturated heterocycles. The maximum Gasteiger partial charge on any atom is 0.251 e. The lowest BCUT2D eigenvalue weighted by Gasteiger charge is -2.26. The number of hydrogen-bond acceptors (Lipinski definition) is 3. The molecule has 5 nitrogen and oxygen atoms in total. The number of piperidine rings is 1. The van der Waals surface area contributed by atoms with Gasteiger partial charge in [-0.15, -0.1) is 0 Å². The minimum Gasteiger partial charge on any atom is -0.351 e. The number of likely N-dealkylation sites (tertiary alicyclic amines) is 1. The van der Waals surface area contributed by atoms with Crippen LogP contribution in [0.4, 0.5) is 5.69 Å². The molecular weight excluding hydrogens is 350 g/mol. The van der Waals surface area contributed by atoms with Crippen molar-refractivity contribution < 1.29 is 9.59 Å². The second-order valence-electron chi connectivity index (χ2n) is 7.64. The molecule has 0 aromatic heterocycles. The first-order valence-electron chi connectivity index (χ1n) is 10.2. The molecule has 28 heavy (non-hydrogen) atoms. The summed E-state index contributed by atoms with van der Waals surface area (Å²) in [6.45, 7) is 4.39. The number of rotatable bonds is 6. The highest BCUT2D eigenvalue weighted by atomic mass is 16.2. The van der Waals surface area contributed by atoms with Crippen LogP contribution in [0.3, 0.4) is 0 Å². The fourth-order valence-electron chi connectivity index (χ4n) is 4.08. The van der Waals surface area contributed by atoms with Crippen LogP contribution in [0.15, 0.2) is 48.5 Å². The summed E-state index contributed by atoms with van der Waals surface area (Å²) in [4.78, 5) is 29.2. The Morgan fingerprint density at radius 2 is 1.79 bits per heavy atom. The lowest BCUT2D eigenvalue weighted by molar-refractivity contribution is -0.117. The maximum atomic E-state index is 12.5. The normalized spacial score (nSPS) is 16.9. The van der Waals surface area contributed by atoms with Gasteiger partial charge < -0.3 is 15.1 Å². The Bertz CT molecular complexity index is 844. The van der Waals surface area contributed by atoms with Crippen LogP contribution in [0.1, 0.15) is 40.7 Å². The van der Waals surface area contributed by atoms with Gasteiger partial charge in [-0.05, 0) is 55.3 Å². The Morgan fingerprint density at radius 3 is 2.57 bits per heavy atom. The zero-order valence-corrected chi connectivity index (χ0v) is 16.2. The van der Waals surface area contributed by atoms with E-state index in [9.17, 15) is 9.59 Å². The molecule has 5 heteroatoms. The third-order valence-electron chi connectivity index (χ3n) is 5.62. The highest BCUT2D eigenvalue weighted by Gasteiger charge is 2.28. The van der Waals surface area contributed by atoms with Crippen molar-refractivity contribution in [1.82, 2.24) is 10.2 Å². The number of nitrogens with one attached hydrogen (secondary N) is 1. The van der Waals surface area contributed by atoms with Gasteiger partial charge in [0.15, 0.2) is 0 Å². The molecule has 0 unspecified atom stereocenters. The summed E-state index contributed by atoms with van der Waals surface area (Å²) in [6, 6.07) is 15.6. The SMILES string of the molecule is O=C(NCCN1CCCCC1)c1ccc2c(c1)CC(=O)N2Cc1ccccc1. The minimum absolute atomic E-state index is 0.0613. The number of carbonyl (C=O) groups is 2. The lowest BCUT2D eigenvalue weighted by atomic mass is 10.1. The van der Waals surface area contributed by atoms with Crippen molar-refractivity contribution in [3.63, 3.8) is 0 Å². The molecule has 0 bridgehead atoms. The monoisotopic (exact) mass is 377 g/mol. The molecule has 146 valence electrons. The Balaban J connectivity index is 1.37. The van der Waals surface area contributed by atoms with Crippen molar-refractivity contribution in [2.75, 3.05) is 31.1 Å². The summed E-state index contributed by atoms with van der Waals surface area (Å²) in [5, 5.41) is 3.02. The predicted molar refractivity (Wildman–Crippen MR) is 110 cm³/mol. The van der Waals surface area contributed by atoms with Crippen molar-refractivity contribution in [3.05, 3.63) is 65.2 Å². The topological polar surface area (TPSA) is 52.7 Å². The highest BCUT2D eigenvalue weighted by Crippen LogP contribution is 2.31. The molecule has 0 spiro atoms. The van der Waals surface area contributed by atoms with Crippen LogP contribution in [-0.4, -0.2) is 42.9 Å². The summed E-state index contributed by atoms with van der Waals surface area (Å²) >= 11 is 0. The van der Waals surface area contributed by atoms with Crippen molar-refractivity contribution in [2.45, 2.75) is 32.2 Å². The van der Waals surface area contributed by atoms with E-state index in [1.807, 2.05) is 53.4 Å². The van der Waals surface area contributed by atoms with Crippen LogP contribution in [0, 0.1) is 0 Å². The van der Waals surface area contributed by atoms with E-state index in [0.717, 1.165) is 36.4 Å². The Morgan fingerprint density at radius 1 is 1.00 bits per heavy atom. The first-order chi connectivity index (χ1) is 13.7. The number of anilines is 1. The third-order valence-corrected chi connectivity index (χ3v) is 5.62. The summed E-state index contributed by atoms with van der Waals surface area (Å²) in [7, 11) is 0. The molecule has 2 aliphatic heterocycles. The van der Waals surface area contributed by atoms with Gasteiger partial charge in [0.25, 0.3) is 5.91 Å². The molecule has 1 fully saturated rings. The Kier molecular flexibility index (Phi) is 5.72. The summed E-state index contributed by atoms with van der Waals surface area (Å²) < 4.78 is 0. The molecule has 2 aromatic rings.